The summed E-state index contributed by atoms with van der Waals surface area (Å²) in [5.41, 5.74) is 4.03. The number of pyridine rings is 1. The molecule has 5 aromatic rings. The Morgan fingerprint density at radius 3 is 2.37 bits per heavy atom. The summed E-state index contributed by atoms with van der Waals surface area (Å²) in [6.45, 7) is 7.88. The summed E-state index contributed by atoms with van der Waals surface area (Å²) in [4.78, 5) is 17.2. The van der Waals surface area contributed by atoms with Crippen molar-refractivity contribution in [1.82, 2.24) is 24.5 Å². The van der Waals surface area contributed by atoms with Crippen molar-refractivity contribution in [3.63, 3.8) is 0 Å². The molecule has 2 N–H and O–H groups in total. The van der Waals surface area contributed by atoms with E-state index in [9.17, 15) is 9.18 Å². The normalized spacial score (nSPS) is 11.7. The second kappa shape index (κ2) is 9.37. The van der Waals surface area contributed by atoms with Crippen LogP contribution in [0.1, 0.15) is 32.2 Å². The molecule has 194 valence electrons. The smallest absolute Gasteiger partial charge is 0.305 e. The number of carbonyl (C=O) groups excluding carboxylic acids is 1. The summed E-state index contributed by atoms with van der Waals surface area (Å²) in [6, 6.07) is 11.5. The highest BCUT2D eigenvalue weighted by Gasteiger charge is 2.22. The molecule has 0 fully saturated rings. The highest BCUT2D eigenvalue weighted by Crippen LogP contribution is 2.32. The summed E-state index contributed by atoms with van der Waals surface area (Å²) in [5, 5.41) is 15.2. The SMILES string of the molecule is Cc1nn(C)c2cncc(-c3ccc(NC(=O)Nc4cc(C(C)(C)C)nn4-c4ccc(F)cc4)c(F)c3)c12. The quantitative estimate of drug-likeness (QED) is 0.292. The van der Waals surface area contributed by atoms with Gasteiger partial charge in [0.1, 0.15) is 17.5 Å². The standard InChI is InChI=1S/C28H27F2N7O/c1-16-26-20(14-31-15-23(26)36(5)34-16)17-6-11-22(21(30)12-17)32-27(38)33-25-13-24(28(2,3)4)35-37(25)19-9-7-18(29)8-10-19/h6-15H,1-5H3,(H2,32,33,38). The van der Waals surface area contributed by atoms with Gasteiger partial charge in [-0.05, 0) is 48.9 Å². The van der Waals surface area contributed by atoms with E-state index in [0.717, 1.165) is 27.9 Å². The lowest BCUT2D eigenvalue weighted by Gasteiger charge is -2.14. The van der Waals surface area contributed by atoms with Gasteiger partial charge < -0.3 is 5.32 Å². The zero-order valence-electron chi connectivity index (χ0n) is 21.7. The number of amides is 2. The molecular formula is C28H27F2N7O. The van der Waals surface area contributed by atoms with Crippen molar-refractivity contribution in [1.29, 1.82) is 0 Å². The summed E-state index contributed by atoms with van der Waals surface area (Å²) in [5.74, 6) is -0.617. The van der Waals surface area contributed by atoms with E-state index in [4.69, 9.17) is 0 Å². The molecule has 0 bridgehead atoms. The molecular weight excluding hydrogens is 488 g/mol. The van der Waals surface area contributed by atoms with E-state index in [1.165, 1.54) is 28.9 Å². The van der Waals surface area contributed by atoms with Crippen LogP contribution in [0.25, 0.3) is 27.7 Å². The van der Waals surface area contributed by atoms with Gasteiger partial charge in [0.05, 0.1) is 34.5 Å². The Labute approximate surface area is 218 Å². The Morgan fingerprint density at radius 2 is 1.68 bits per heavy atom. The zero-order chi connectivity index (χ0) is 27.2. The molecule has 10 heteroatoms. The van der Waals surface area contributed by atoms with Crippen LogP contribution < -0.4 is 10.6 Å². The number of aryl methyl sites for hydroxylation is 2. The third-order valence-electron chi connectivity index (χ3n) is 6.26. The third kappa shape index (κ3) is 4.72. The summed E-state index contributed by atoms with van der Waals surface area (Å²) in [7, 11) is 1.83. The molecule has 3 heterocycles. The van der Waals surface area contributed by atoms with E-state index in [1.807, 2.05) is 34.7 Å². The van der Waals surface area contributed by atoms with Gasteiger partial charge in [-0.3, -0.25) is 15.0 Å². The fourth-order valence-electron chi connectivity index (χ4n) is 4.29. The molecule has 2 amide bonds. The first-order chi connectivity index (χ1) is 18.0. The molecule has 0 aliphatic heterocycles. The minimum Gasteiger partial charge on any atom is -0.305 e. The molecule has 0 aliphatic carbocycles. The van der Waals surface area contributed by atoms with Crippen LogP contribution in [0.4, 0.5) is 25.1 Å². The number of anilines is 2. The Hall–Kier alpha value is -4.60. The molecule has 3 aromatic heterocycles. The largest absolute Gasteiger partial charge is 0.324 e. The van der Waals surface area contributed by atoms with Crippen molar-refractivity contribution in [3.05, 3.63) is 83.9 Å². The Balaban J connectivity index is 1.41. The third-order valence-corrected chi connectivity index (χ3v) is 6.26. The highest BCUT2D eigenvalue weighted by molar-refractivity contribution is 6.00. The van der Waals surface area contributed by atoms with Crippen LogP contribution in [-0.2, 0) is 12.5 Å². The van der Waals surface area contributed by atoms with Gasteiger partial charge in [-0.25, -0.2) is 18.3 Å². The van der Waals surface area contributed by atoms with Gasteiger partial charge in [0.2, 0.25) is 0 Å². The van der Waals surface area contributed by atoms with Gasteiger partial charge in [0.25, 0.3) is 0 Å². The molecule has 0 radical (unpaired) electrons. The van der Waals surface area contributed by atoms with Crippen LogP contribution >= 0.6 is 0 Å². The monoisotopic (exact) mass is 515 g/mol. The Kier molecular flexibility index (Phi) is 6.18. The number of carbonyl (C=O) groups is 1. The van der Waals surface area contributed by atoms with Crippen LogP contribution in [0.5, 0.6) is 0 Å². The van der Waals surface area contributed by atoms with Crippen molar-refractivity contribution in [2.75, 3.05) is 10.6 Å². The number of nitrogens with zero attached hydrogens (tertiary/aromatic N) is 5. The maximum Gasteiger partial charge on any atom is 0.324 e. The van der Waals surface area contributed by atoms with Gasteiger partial charge in [-0.1, -0.05) is 26.8 Å². The first kappa shape index (κ1) is 25.1. The second-order valence-corrected chi connectivity index (χ2v) is 10.1. The maximum absolute atomic E-state index is 15.1. The zero-order valence-corrected chi connectivity index (χ0v) is 21.7. The van der Waals surface area contributed by atoms with Crippen LogP contribution in [0.2, 0.25) is 0 Å². The summed E-state index contributed by atoms with van der Waals surface area (Å²) < 4.78 is 31.9. The van der Waals surface area contributed by atoms with Crippen molar-refractivity contribution < 1.29 is 13.6 Å². The van der Waals surface area contributed by atoms with Crippen molar-refractivity contribution in [2.45, 2.75) is 33.1 Å². The first-order valence-electron chi connectivity index (χ1n) is 12.0. The molecule has 5 rings (SSSR count). The second-order valence-electron chi connectivity index (χ2n) is 10.1. The number of halogens is 2. The van der Waals surface area contributed by atoms with Crippen LogP contribution in [0.15, 0.2) is 60.9 Å². The minimum atomic E-state index is -0.646. The molecule has 0 unspecified atom stereocenters. The molecule has 38 heavy (non-hydrogen) atoms. The van der Waals surface area contributed by atoms with E-state index < -0.39 is 11.8 Å². The fourth-order valence-corrected chi connectivity index (χ4v) is 4.29. The van der Waals surface area contributed by atoms with E-state index in [0.29, 0.717) is 17.1 Å². The highest BCUT2D eigenvalue weighted by atomic mass is 19.1. The number of rotatable bonds is 4. The maximum atomic E-state index is 15.1. The van der Waals surface area contributed by atoms with Crippen LogP contribution in [0, 0.1) is 18.6 Å². The Bertz CT molecular complexity index is 1660. The molecule has 0 aliphatic rings. The number of aromatic nitrogens is 5. The van der Waals surface area contributed by atoms with Crippen molar-refractivity contribution in [2.24, 2.45) is 7.05 Å². The van der Waals surface area contributed by atoms with Crippen molar-refractivity contribution >= 4 is 28.4 Å². The lowest BCUT2D eigenvalue weighted by atomic mass is 9.92. The number of hydrogen-bond donors (Lipinski definition) is 2. The number of benzene rings is 2. The minimum absolute atomic E-state index is 0.0122. The van der Waals surface area contributed by atoms with Crippen molar-refractivity contribution in [3.8, 4) is 16.8 Å². The van der Waals surface area contributed by atoms with Crippen LogP contribution in [0.3, 0.4) is 0 Å². The van der Waals surface area contributed by atoms with Gasteiger partial charge in [-0.2, -0.15) is 10.2 Å². The number of fused-ring (bicyclic) bond motifs is 1. The average molecular weight is 516 g/mol. The molecule has 0 spiro atoms. The molecule has 0 saturated heterocycles. The summed E-state index contributed by atoms with van der Waals surface area (Å²) >= 11 is 0. The topological polar surface area (TPSA) is 89.7 Å². The van der Waals surface area contributed by atoms with E-state index in [2.05, 4.69) is 25.8 Å². The number of urea groups is 1. The van der Waals surface area contributed by atoms with E-state index in [-0.39, 0.29) is 16.9 Å². The lowest BCUT2D eigenvalue weighted by Crippen LogP contribution is -2.22. The van der Waals surface area contributed by atoms with E-state index in [1.54, 1.807) is 41.3 Å². The fraction of sp³-hybridized carbons (Fsp3) is 0.214. The van der Waals surface area contributed by atoms with Gasteiger partial charge in [0, 0.05) is 35.7 Å². The predicted octanol–water partition coefficient (Wildman–Crippen LogP) is 6.35. The van der Waals surface area contributed by atoms with Crippen LogP contribution in [-0.4, -0.2) is 30.6 Å². The summed E-state index contributed by atoms with van der Waals surface area (Å²) in [6.07, 6.45) is 3.40. The number of nitrogens with one attached hydrogen (secondary N) is 2. The van der Waals surface area contributed by atoms with Gasteiger partial charge in [0.15, 0.2) is 0 Å². The predicted molar refractivity (Wildman–Crippen MR) is 144 cm³/mol. The molecule has 0 atom stereocenters. The Morgan fingerprint density at radius 1 is 0.947 bits per heavy atom. The first-order valence-corrected chi connectivity index (χ1v) is 12.0. The average Bonchev–Trinajstić information content (AvgIpc) is 3.41. The molecule has 0 saturated carbocycles. The van der Waals surface area contributed by atoms with E-state index >= 15 is 4.39 Å². The number of hydrogen-bond acceptors (Lipinski definition) is 4. The molecule has 2 aromatic carbocycles. The van der Waals surface area contributed by atoms with Gasteiger partial charge in [-0.15, -0.1) is 0 Å². The van der Waals surface area contributed by atoms with Gasteiger partial charge >= 0.3 is 6.03 Å². The molecule has 8 nitrogen and oxygen atoms in total. The lowest BCUT2D eigenvalue weighted by molar-refractivity contribution is 0.262.